The number of carbonyl (C=O) groups excluding carboxylic acids is 1. The summed E-state index contributed by atoms with van der Waals surface area (Å²) in [5, 5.41) is 8.31. The second-order valence-corrected chi connectivity index (χ2v) is 3.69. The predicted octanol–water partition coefficient (Wildman–Crippen LogP) is 0.838. The Morgan fingerprint density at radius 2 is 1.76 bits per heavy atom. The van der Waals surface area contributed by atoms with Crippen molar-refractivity contribution >= 4 is 11.9 Å². The number of carboxylic acid groups (broad SMARTS) is 1. The molecule has 17 heavy (non-hydrogen) atoms. The SMILES string of the molecule is C=CCN(C)C(=O)C=C.CC(C(=O)O)N(C)C. The van der Waals surface area contributed by atoms with Gasteiger partial charge in [0.05, 0.1) is 0 Å². The third-order valence-corrected chi connectivity index (χ3v) is 2.09. The van der Waals surface area contributed by atoms with Gasteiger partial charge in [0.25, 0.3) is 0 Å². The fourth-order valence-electron chi connectivity index (χ4n) is 0.660. The van der Waals surface area contributed by atoms with Crippen LogP contribution < -0.4 is 0 Å². The number of hydrogen-bond acceptors (Lipinski definition) is 3. The summed E-state index contributed by atoms with van der Waals surface area (Å²) in [6, 6.07) is -0.380. The van der Waals surface area contributed by atoms with Gasteiger partial charge in [-0.3, -0.25) is 14.5 Å². The van der Waals surface area contributed by atoms with E-state index in [1.165, 1.54) is 11.0 Å². The summed E-state index contributed by atoms with van der Waals surface area (Å²) in [4.78, 5) is 23.9. The molecule has 1 amide bonds. The van der Waals surface area contributed by atoms with Gasteiger partial charge in [0.15, 0.2) is 0 Å². The van der Waals surface area contributed by atoms with Crippen molar-refractivity contribution in [1.82, 2.24) is 9.80 Å². The molecule has 0 aromatic carbocycles. The summed E-state index contributed by atoms with van der Waals surface area (Å²) in [6.07, 6.45) is 2.95. The quantitative estimate of drug-likeness (QED) is 0.573. The van der Waals surface area contributed by atoms with E-state index in [9.17, 15) is 9.59 Å². The number of carbonyl (C=O) groups is 2. The van der Waals surface area contributed by atoms with Crippen molar-refractivity contribution in [3.05, 3.63) is 25.3 Å². The monoisotopic (exact) mass is 242 g/mol. The van der Waals surface area contributed by atoms with Crippen LogP contribution in [-0.2, 0) is 9.59 Å². The van der Waals surface area contributed by atoms with Gasteiger partial charge in [0.1, 0.15) is 6.04 Å². The molecule has 0 saturated carbocycles. The van der Waals surface area contributed by atoms with Crippen LogP contribution in [0.1, 0.15) is 6.92 Å². The molecule has 1 N–H and O–H groups in total. The largest absolute Gasteiger partial charge is 0.480 e. The molecule has 98 valence electrons. The van der Waals surface area contributed by atoms with E-state index in [-0.39, 0.29) is 11.9 Å². The smallest absolute Gasteiger partial charge is 0.320 e. The lowest BCUT2D eigenvalue weighted by molar-refractivity contribution is -0.141. The van der Waals surface area contributed by atoms with E-state index in [1.807, 2.05) is 0 Å². The molecule has 0 radical (unpaired) electrons. The van der Waals surface area contributed by atoms with E-state index in [0.717, 1.165) is 0 Å². The maximum Gasteiger partial charge on any atom is 0.320 e. The minimum Gasteiger partial charge on any atom is -0.480 e. The first-order chi connectivity index (χ1) is 7.77. The molecule has 0 spiro atoms. The molecule has 5 nitrogen and oxygen atoms in total. The van der Waals surface area contributed by atoms with Crippen LogP contribution in [0.5, 0.6) is 0 Å². The second kappa shape index (κ2) is 9.59. The Kier molecular flexibility index (Phi) is 10.0. The Morgan fingerprint density at radius 1 is 1.29 bits per heavy atom. The number of nitrogens with zero attached hydrogens (tertiary/aromatic N) is 2. The van der Waals surface area contributed by atoms with Crippen molar-refractivity contribution in [1.29, 1.82) is 0 Å². The van der Waals surface area contributed by atoms with Gasteiger partial charge in [-0.2, -0.15) is 0 Å². The molecule has 0 bridgehead atoms. The second-order valence-electron chi connectivity index (χ2n) is 3.69. The zero-order valence-electron chi connectivity index (χ0n) is 11.0. The summed E-state index contributed by atoms with van der Waals surface area (Å²) < 4.78 is 0. The molecular weight excluding hydrogens is 220 g/mol. The van der Waals surface area contributed by atoms with Gasteiger partial charge in [0.2, 0.25) is 5.91 Å². The zero-order valence-corrected chi connectivity index (χ0v) is 11.0. The van der Waals surface area contributed by atoms with Gasteiger partial charge in [-0.05, 0) is 27.1 Å². The normalized spacial score (nSPS) is 10.9. The van der Waals surface area contributed by atoms with E-state index in [1.54, 1.807) is 39.0 Å². The van der Waals surface area contributed by atoms with Gasteiger partial charge < -0.3 is 10.0 Å². The van der Waals surface area contributed by atoms with Gasteiger partial charge >= 0.3 is 5.97 Å². The Balaban J connectivity index is 0. The van der Waals surface area contributed by atoms with Crippen LogP contribution in [0.25, 0.3) is 0 Å². The van der Waals surface area contributed by atoms with Crippen molar-refractivity contribution in [2.24, 2.45) is 0 Å². The van der Waals surface area contributed by atoms with Gasteiger partial charge in [-0.1, -0.05) is 12.7 Å². The van der Waals surface area contributed by atoms with Crippen LogP contribution in [0, 0.1) is 0 Å². The number of rotatable bonds is 5. The molecular formula is C12H22N2O3. The average molecular weight is 242 g/mol. The lowest BCUT2D eigenvalue weighted by Gasteiger charge is -2.13. The molecule has 0 aliphatic heterocycles. The van der Waals surface area contributed by atoms with Crippen molar-refractivity contribution in [3.8, 4) is 0 Å². The average Bonchev–Trinajstić information content (AvgIpc) is 2.27. The minimum absolute atomic E-state index is 0.0742. The van der Waals surface area contributed by atoms with Crippen LogP contribution in [0.3, 0.4) is 0 Å². The zero-order chi connectivity index (χ0) is 14.0. The lowest BCUT2D eigenvalue weighted by atomic mass is 10.3. The van der Waals surface area contributed by atoms with E-state index in [0.29, 0.717) is 6.54 Å². The molecule has 0 aliphatic carbocycles. The topological polar surface area (TPSA) is 60.9 Å². The predicted molar refractivity (Wildman–Crippen MR) is 68.8 cm³/mol. The summed E-state index contributed by atoms with van der Waals surface area (Å²) in [7, 11) is 5.17. The van der Waals surface area contributed by atoms with Gasteiger partial charge in [-0.25, -0.2) is 0 Å². The Labute approximate surface area is 103 Å². The van der Waals surface area contributed by atoms with Crippen molar-refractivity contribution in [2.75, 3.05) is 27.7 Å². The third-order valence-electron chi connectivity index (χ3n) is 2.09. The summed E-state index contributed by atoms with van der Waals surface area (Å²) >= 11 is 0. The first-order valence-electron chi connectivity index (χ1n) is 5.15. The molecule has 0 aliphatic rings. The number of carboxylic acids is 1. The minimum atomic E-state index is -0.782. The summed E-state index contributed by atoms with van der Waals surface area (Å²) in [5.74, 6) is -0.857. The van der Waals surface area contributed by atoms with Crippen LogP contribution in [0.4, 0.5) is 0 Å². The summed E-state index contributed by atoms with van der Waals surface area (Å²) in [6.45, 7) is 9.04. The highest BCUT2D eigenvalue weighted by molar-refractivity contribution is 5.86. The molecule has 0 rings (SSSR count). The highest BCUT2D eigenvalue weighted by Gasteiger charge is 2.11. The van der Waals surface area contributed by atoms with E-state index in [2.05, 4.69) is 13.2 Å². The molecule has 5 heteroatoms. The Bertz CT molecular complexity index is 275. The molecule has 0 saturated heterocycles. The highest BCUT2D eigenvalue weighted by atomic mass is 16.4. The highest BCUT2D eigenvalue weighted by Crippen LogP contribution is 1.88. The molecule has 0 aromatic rings. The standard InChI is InChI=1S/C7H11NO.C5H11NO2/c1-4-6-8(3)7(9)5-2;1-4(5(7)8)6(2)3/h4-5H,1-2,6H2,3H3;4H,1-3H3,(H,7,8). The Morgan fingerprint density at radius 3 is 1.94 bits per heavy atom. The van der Waals surface area contributed by atoms with Crippen molar-refractivity contribution < 1.29 is 14.7 Å². The van der Waals surface area contributed by atoms with Crippen LogP contribution in [-0.4, -0.2) is 60.5 Å². The molecule has 0 heterocycles. The van der Waals surface area contributed by atoms with Crippen LogP contribution in [0.2, 0.25) is 0 Å². The molecule has 1 unspecified atom stereocenters. The van der Waals surface area contributed by atoms with Crippen molar-refractivity contribution in [3.63, 3.8) is 0 Å². The number of likely N-dealkylation sites (N-methyl/N-ethyl adjacent to an activating group) is 2. The first kappa shape index (κ1) is 17.8. The number of aliphatic carboxylic acids is 1. The lowest BCUT2D eigenvalue weighted by Crippen LogP contribution is -2.32. The van der Waals surface area contributed by atoms with Gasteiger partial charge in [-0.15, -0.1) is 6.58 Å². The van der Waals surface area contributed by atoms with Crippen LogP contribution in [0.15, 0.2) is 25.3 Å². The number of amides is 1. The molecule has 1 atom stereocenters. The molecule has 0 fully saturated rings. The fraction of sp³-hybridized carbons (Fsp3) is 0.500. The summed E-state index contributed by atoms with van der Waals surface area (Å²) in [5.41, 5.74) is 0. The van der Waals surface area contributed by atoms with Gasteiger partial charge in [0, 0.05) is 13.6 Å². The maximum atomic E-state index is 10.7. The van der Waals surface area contributed by atoms with E-state index >= 15 is 0 Å². The van der Waals surface area contributed by atoms with E-state index in [4.69, 9.17) is 5.11 Å². The van der Waals surface area contributed by atoms with Crippen LogP contribution >= 0.6 is 0 Å². The third kappa shape index (κ3) is 9.32. The maximum absolute atomic E-state index is 10.7. The van der Waals surface area contributed by atoms with Crippen molar-refractivity contribution in [2.45, 2.75) is 13.0 Å². The fourth-order valence-corrected chi connectivity index (χ4v) is 0.660. The molecule has 0 aromatic heterocycles. The first-order valence-corrected chi connectivity index (χ1v) is 5.15. The Hall–Kier alpha value is -1.62. The van der Waals surface area contributed by atoms with E-state index < -0.39 is 5.97 Å². The number of hydrogen-bond donors (Lipinski definition) is 1.